The van der Waals surface area contributed by atoms with Crippen LogP contribution in [0.5, 0.6) is 0 Å². The monoisotopic (exact) mass is 343 g/mol. The molecule has 21 heavy (non-hydrogen) atoms. The summed E-state index contributed by atoms with van der Waals surface area (Å²) in [5.41, 5.74) is 0.549. The van der Waals surface area contributed by atoms with Crippen molar-refractivity contribution in [1.29, 1.82) is 0 Å². The summed E-state index contributed by atoms with van der Waals surface area (Å²) in [6.07, 6.45) is -0.539. The van der Waals surface area contributed by atoms with E-state index in [9.17, 15) is 9.90 Å². The van der Waals surface area contributed by atoms with Gasteiger partial charge in [-0.2, -0.15) is 0 Å². The molecule has 0 fully saturated rings. The summed E-state index contributed by atoms with van der Waals surface area (Å²) in [4.78, 5) is 14.0. The van der Waals surface area contributed by atoms with Crippen LogP contribution in [-0.4, -0.2) is 17.6 Å². The number of thiophene rings is 1. The lowest BCUT2D eigenvalue weighted by atomic mass is 10.1. The third-order valence-electron chi connectivity index (χ3n) is 2.94. The van der Waals surface area contributed by atoms with Crippen molar-refractivity contribution >= 4 is 40.4 Å². The molecule has 0 saturated carbocycles. The number of aliphatic hydroxyl groups is 1. The number of hydrogen-bond acceptors (Lipinski definition) is 3. The number of aliphatic hydroxyl groups excluding tert-OH is 1. The van der Waals surface area contributed by atoms with E-state index in [0.29, 0.717) is 22.0 Å². The molecule has 3 nitrogen and oxygen atoms in total. The van der Waals surface area contributed by atoms with Crippen molar-refractivity contribution < 1.29 is 9.90 Å². The van der Waals surface area contributed by atoms with E-state index in [0.717, 1.165) is 4.88 Å². The summed E-state index contributed by atoms with van der Waals surface area (Å²) in [7, 11) is 0. The summed E-state index contributed by atoms with van der Waals surface area (Å²) in [5, 5.41) is 13.7. The van der Waals surface area contributed by atoms with Crippen LogP contribution in [0.3, 0.4) is 0 Å². The van der Waals surface area contributed by atoms with Crippen LogP contribution < -0.4 is 5.32 Å². The molecule has 1 unspecified atom stereocenters. The van der Waals surface area contributed by atoms with Gasteiger partial charge in [0.15, 0.2) is 0 Å². The molecule has 1 aromatic heterocycles. The second-order valence-electron chi connectivity index (χ2n) is 4.67. The molecule has 0 bridgehead atoms. The molecule has 1 atom stereocenters. The van der Waals surface area contributed by atoms with E-state index >= 15 is 0 Å². The molecule has 0 saturated heterocycles. The van der Waals surface area contributed by atoms with Crippen molar-refractivity contribution in [1.82, 2.24) is 5.32 Å². The summed E-state index contributed by atoms with van der Waals surface area (Å²) >= 11 is 13.4. The fourth-order valence-electron chi connectivity index (χ4n) is 1.89. The maximum atomic E-state index is 11.8. The topological polar surface area (TPSA) is 49.3 Å². The minimum atomic E-state index is -0.858. The predicted octanol–water partition coefficient (Wildman–Crippen LogP) is 3.76. The van der Waals surface area contributed by atoms with Crippen molar-refractivity contribution in [3.8, 4) is 0 Å². The van der Waals surface area contributed by atoms with Gasteiger partial charge in [-0.3, -0.25) is 4.79 Å². The second-order valence-corrected chi connectivity index (χ2v) is 6.89. The Kier molecular flexibility index (Phi) is 5.65. The first-order valence-electron chi connectivity index (χ1n) is 6.40. The van der Waals surface area contributed by atoms with Crippen molar-refractivity contribution in [2.75, 3.05) is 6.54 Å². The van der Waals surface area contributed by atoms with E-state index in [1.165, 1.54) is 4.88 Å². The minimum absolute atomic E-state index is 0.116. The van der Waals surface area contributed by atoms with Crippen LogP contribution in [0.15, 0.2) is 30.3 Å². The fourth-order valence-corrected chi connectivity index (χ4v) is 3.32. The molecule has 6 heteroatoms. The zero-order valence-electron chi connectivity index (χ0n) is 11.4. The van der Waals surface area contributed by atoms with Gasteiger partial charge in [-0.15, -0.1) is 11.3 Å². The number of amides is 1. The Morgan fingerprint density at radius 2 is 2.10 bits per heavy atom. The first-order chi connectivity index (χ1) is 9.95. The van der Waals surface area contributed by atoms with Crippen LogP contribution in [0.25, 0.3) is 0 Å². The Morgan fingerprint density at radius 1 is 1.33 bits per heavy atom. The van der Waals surface area contributed by atoms with Crippen LogP contribution >= 0.6 is 34.5 Å². The van der Waals surface area contributed by atoms with Gasteiger partial charge in [0, 0.05) is 31.9 Å². The summed E-state index contributed by atoms with van der Waals surface area (Å²) in [6.45, 7) is 2.11. The molecule has 0 aliphatic heterocycles. The Balaban J connectivity index is 1.88. The highest BCUT2D eigenvalue weighted by molar-refractivity contribution is 7.12. The zero-order valence-corrected chi connectivity index (χ0v) is 13.7. The second kappa shape index (κ2) is 7.27. The number of aryl methyl sites for hydroxylation is 1. The zero-order chi connectivity index (χ0) is 15.4. The SMILES string of the molecule is Cc1ccc(CC(=O)NCC(O)c2ccc(Cl)cc2Cl)s1. The summed E-state index contributed by atoms with van der Waals surface area (Å²) in [6, 6.07) is 8.80. The van der Waals surface area contributed by atoms with E-state index in [4.69, 9.17) is 23.2 Å². The number of carbonyl (C=O) groups excluding carboxylic acids is 1. The molecule has 1 heterocycles. The molecule has 2 N–H and O–H groups in total. The molecule has 0 spiro atoms. The molecular formula is C15H15Cl2NO2S. The van der Waals surface area contributed by atoms with Gasteiger partial charge in [-0.1, -0.05) is 29.3 Å². The lowest BCUT2D eigenvalue weighted by molar-refractivity contribution is -0.120. The number of benzene rings is 1. The summed E-state index contributed by atoms with van der Waals surface area (Å²) < 4.78 is 0. The molecule has 1 aromatic carbocycles. The third kappa shape index (κ3) is 4.71. The van der Waals surface area contributed by atoms with Crippen molar-refractivity contribution in [3.05, 3.63) is 55.7 Å². The van der Waals surface area contributed by atoms with Crippen LogP contribution in [0.1, 0.15) is 21.4 Å². The van der Waals surface area contributed by atoms with Crippen molar-refractivity contribution in [2.24, 2.45) is 0 Å². The van der Waals surface area contributed by atoms with Crippen molar-refractivity contribution in [3.63, 3.8) is 0 Å². The average Bonchev–Trinajstić information content (AvgIpc) is 2.81. The third-order valence-corrected chi connectivity index (χ3v) is 4.51. The van der Waals surface area contributed by atoms with Gasteiger partial charge < -0.3 is 10.4 Å². The molecule has 2 aromatic rings. The Hall–Kier alpha value is -1.07. The maximum absolute atomic E-state index is 11.8. The van der Waals surface area contributed by atoms with Crippen LogP contribution in [0, 0.1) is 6.92 Å². The van der Waals surface area contributed by atoms with Gasteiger partial charge in [-0.05, 0) is 31.2 Å². The standard InChI is InChI=1S/C15H15Cl2NO2S/c1-9-2-4-11(21-9)7-15(20)18-8-14(19)12-5-3-10(16)6-13(12)17/h2-6,14,19H,7-8H2,1H3,(H,18,20). The minimum Gasteiger partial charge on any atom is -0.387 e. The number of hydrogen-bond donors (Lipinski definition) is 2. The lowest BCUT2D eigenvalue weighted by Crippen LogP contribution is -2.29. The highest BCUT2D eigenvalue weighted by atomic mass is 35.5. The quantitative estimate of drug-likeness (QED) is 0.868. The van der Waals surface area contributed by atoms with Gasteiger partial charge >= 0.3 is 0 Å². The van der Waals surface area contributed by atoms with Crippen LogP contribution in [-0.2, 0) is 11.2 Å². The highest BCUT2D eigenvalue weighted by Gasteiger charge is 2.13. The largest absolute Gasteiger partial charge is 0.387 e. The summed E-state index contributed by atoms with van der Waals surface area (Å²) in [5.74, 6) is -0.124. The van der Waals surface area contributed by atoms with E-state index in [2.05, 4.69) is 5.32 Å². The molecule has 0 radical (unpaired) electrons. The Morgan fingerprint density at radius 3 is 2.71 bits per heavy atom. The van der Waals surface area contributed by atoms with E-state index < -0.39 is 6.10 Å². The van der Waals surface area contributed by atoms with E-state index in [1.807, 2.05) is 19.1 Å². The number of nitrogens with one attached hydrogen (secondary N) is 1. The van der Waals surface area contributed by atoms with Gasteiger partial charge in [0.05, 0.1) is 12.5 Å². The first-order valence-corrected chi connectivity index (χ1v) is 7.98. The van der Waals surface area contributed by atoms with Crippen LogP contribution in [0.4, 0.5) is 0 Å². The smallest absolute Gasteiger partial charge is 0.225 e. The average molecular weight is 344 g/mol. The molecule has 112 valence electrons. The van der Waals surface area contributed by atoms with Crippen LogP contribution in [0.2, 0.25) is 10.0 Å². The van der Waals surface area contributed by atoms with Gasteiger partial charge in [0.1, 0.15) is 0 Å². The number of halogens is 2. The molecular weight excluding hydrogens is 329 g/mol. The molecule has 0 aliphatic rings. The molecule has 2 rings (SSSR count). The number of carbonyl (C=O) groups is 1. The Bertz CT molecular complexity index is 642. The first kappa shape index (κ1) is 16.3. The maximum Gasteiger partial charge on any atom is 0.225 e. The van der Waals surface area contributed by atoms with Gasteiger partial charge in [0.25, 0.3) is 0 Å². The number of rotatable bonds is 5. The van der Waals surface area contributed by atoms with Crippen molar-refractivity contribution in [2.45, 2.75) is 19.4 Å². The molecule has 1 amide bonds. The predicted molar refractivity (Wildman–Crippen MR) is 87.2 cm³/mol. The normalized spacial score (nSPS) is 12.2. The van der Waals surface area contributed by atoms with E-state index in [-0.39, 0.29) is 12.5 Å². The fraction of sp³-hybridized carbons (Fsp3) is 0.267. The lowest BCUT2D eigenvalue weighted by Gasteiger charge is -2.13. The van der Waals surface area contributed by atoms with Gasteiger partial charge in [-0.25, -0.2) is 0 Å². The van der Waals surface area contributed by atoms with Gasteiger partial charge in [0.2, 0.25) is 5.91 Å². The van der Waals surface area contributed by atoms with E-state index in [1.54, 1.807) is 29.5 Å². The Labute approximate surface area is 137 Å². The highest BCUT2D eigenvalue weighted by Crippen LogP contribution is 2.26. The molecule has 0 aliphatic carbocycles.